The van der Waals surface area contributed by atoms with Crippen LogP contribution in [0.3, 0.4) is 0 Å². The Morgan fingerprint density at radius 1 is 1.32 bits per heavy atom. The molecule has 0 radical (unpaired) electrons. The standard InChI is InChI=1S/C20H23N5O2S/c1-4-11-5-8-13(15(9-11)28-3)21-14-10-16(23-19(26)12-6-7-12)22-18-17(14)20(27)25(2)24-18/h5,8-10,12H,4,6-7H2,1-3H3,(H3,21,22,23,24,26). The van der Waals surface area contributed by atoms with Crippen LogP contribution in [0.2, 0.25) is 0 Å². The Morgan fingerprint density at radius 2 is 2.11 bits per heavy atom. The van der Waals surface area contributed by atoms with Gasteiger partial charge in [0.15, 0.2) is 5.65 Å². The molecule has 0 aliphatic heterocycles. The van der Waals surface area contributed by atoms with Crippen LogP contribution >= 0.6 is 11.8 Å². The Bertz CT molecular complexity index is 1110. The fourth-order valence-corrected chi connectivity index (χ4v) is 3.77. The topological polar surface area (TPSA) is 91.8 Å². The zero-order chi connectivity index (χ0) is 19.8. The smallest absolute Gasteiger partial charge is 0.277 e. The number of aryl methyl sites for hydroxylation is 2. The number of nitrogens with zero attached hydrogens (tertiary/aromatic N) is 2. The molecule has 4 rings (SSSR count). The molecule has 8 heteroatoms. The molecule has 146 valence electrons. The zero-order valence-corrected chi connectivity index (χ0v) is 16.9. The summed E-state index contributed by atoms with van der Waals surface area (Å²) in [5, 5.41) is 9.68. The van der Waals surface area contributed by atoms with Gasteiger partial charge in [0.2, 0.25) is 5.91 Å². The number of carbonyl (C=O) groups excluding carboxylic acids is 1. The van der Waals surface area contributed by atoms with Crippen molar-refractivity contribution >= 4 is 45.9 Å². The van der Waals surface area contributed by atoms with Crippen LogP contribution in [-0.4, -0.2) is 26.9 Å². The van der Waals surface area contributed by atoms with E-state index in [0.717, 1.165) is 29.8 Å². The van der Waals surface area contributed by atoms with Crippen molar-refractivity contribution in [3.05, 3.63) is 40.2 Å². The van der Waals surface area contributed by atoms with E-state index in [-0.39, 0.29) is 17.4 Å². The third-order valence-corrected chi connectivity index (χ3v) is 5.73. The van der Waals surface area contributed by atoms with E-state index in [1.54, 1.807) is 24.9 Å². The van der Waals surface area contributed by atoms with Crippen molar-refractivity contribution in [3.8, 4) is 0 Å². The van der Waals surface area contributed by atoms with Crippen LogP contribution in [0.4, 0.5) is 17.2 Å². The number of hydrogen-bond acceptors (Lipinski definition) is 5. The number of anilines is 3. The largest absolute Gasteiger partial charge is 0.354 e. The first-order chi connectivity index (χ1) is 13.5. The average molecular weight is 398 g/mol. The quantitative estimate of drug-likeness (QED) is 0.553. The highest BCUT2D eigenvalue weighted by atomic mass is 32.2. The van der Waals surface area contributed by atoms with E-state index in [9.17, 15) is 9.59 Å². The zero-order valence-electron chi connectivity index (χ0n) is 16.1. The van der Waals surface area contributed by atoms with Gasteiger partial charge < -0.3 is 10.6 Å². The van der Waals surface area contributed by atoms with Gasteiger partial charge in [-0.15, -0.1) is 11.8 Å². The lowest BCUT2D eigenvalue weighted by atomic mass is 10.1. The molecule has 2 aromatic heterocycles. The van der Waals surface area contributed by atoms with Gasteiger partial charge in [0.05, 0.1) is 11.4 Å². The normalized spacial score (nSPS) is 13.7. The Balaban J connectivity index is 1.78. The summed E-state index contributed by atoms with van der Waals surface area (Å²) in [7, 11) is 1.65. The Kier molecular flexibility index (Phi) is 4.89. The Morgan fingerprint density at radius 3 is 2.79 bits per heavy atom. The van der Waals surface area contributed by atoms with Crippen molar-refractivity contribution in [2.24, 2.45) is 13.0 Å². The van der Waals surface area contributed by atoms with Crippen LogP contribution < -0.4 is 16.2 Å². The highest BCUT2D eigenvalue weighted by Gasteiger charge is 2.30. The molecular formula is C20H23N5O2S. The molecule has 1 saturated carbocycles. The number of amides is 1. The number of aromatic nitrogens is 3. The monoisotopic (exact) mass is 397 g/mol. The third kappa shape index (κ3) is 3.52. The molecular weight excluding hydrogens is 374 g/mol. The van der Waals surface area contributed by atoms with Crippen molar-refractivity contribution in [3.63, 3.8) is 0 Å². The molecule has 3 aromatic rings. The number of aromatic amines is 1. The van der Waals surface area contributed by atoms with E-state index in [0.29, 0.717) is 22.5 Å². The highest BCUT2D eigenvalue weighted by molar-refractivity contribution is 7.98. The second-order valence-electron chi connectivity index (χ2n) is 7.03. The molecule has 0 saturated heterocycles. The molecule has 1 aliphatic rings. The van der Waals surface area contributed by atoms with Gasteiger partial charge in [0, 0.05) is 23.9 Å². The van der Waals surface area contributed by atoms with Gasteiger partial charge >= 0.3 is 0 Å². The predicted molar refractivity (Wildman–Crippen MR) is 114 cm³/mol. The van der Waals surface area contributed by atoms with Gasteiger partial charge in [-0.05, 0) is 43.2 Å². The number of nitrogens with one attached hydrogen (secondary N) is 3. The van der Waals surface area contributed by atoms with E-state index in [2.05, 4.69) is 39.8 Å². The summed E-state index contributed by atoms with van der Waals surface area (Å²) >= 11 is 1.65. The molecule has 2 heterocycles. The number of benzene rings is 1. The maximum atomic E-state index is 12.6. The van der Waals surface area contributed by atoms with Crippen LogP contribution in [-0.2, 0) is 18.3 Å². The fourth-order valence-electron chi connectivity index (χ4n) is 3.16. The SMILES string of the molecule is CCc1ccc(Nc2cc(NC(=O)C3CC3)nc3[nH]n(C)c(=O)c23)c(SC)c1. The maximum absolute atomic E-state index is 12.6. The summed E-state index contributed by atoms with van der Waals surface area (Å²) in [5.41, 5.74) is 3.07. The number of fused-ring (bicyclic) bond motifs is 1. The molecule has 1 fully saturated rings. The third-order valence-electron chi connectivity index (χ3n) is 4.95. The molecule has 0 atom stereocenters. The van der Waals surface area contributed by atoms with Gasteiger partial charge in [0.25, 0.3) is 5.56 Å². The van der Waals surface area contributed by atoms with E-state index in [1.165, 1.54) is 10.2 Å². The molecule has 1 aromatic carbocycles. The highest BCUT2D eigenvalue weighted by Crippen LogP contribution is 2.33. The molecule has 1 amide bonds. The predicted octanol–water partition coefficient (Wildman–Crippen LogP) is 3.64. The van der Waals surface area contributed by atoms with E-state index < -0.39 is 0 Å². The summed E-state index contributed by atoms with van der Waals surface area (Å²) in [5.74, 6) is 0.492. The summed E-state index contributed by atoms with van der Waals surface area (Å²) in [6.07, 6.45) is 4.83. The maximum Gasteiger partial charge on any atom is 0.277 e. The lowest BCUT2D eigenvalue weighted by molar-refractivity contribution is -0.117. The summed E-state index contributed by atoms with van der Waals surface area (Å²) < 4.78 is 1.39. The summed E-state index contributed by atoms with van der Waals surface area (Å²) in [6.45, 7) is 2.12. The number of hydrogen-bond donors (Lipinski definition) is 3. The number of rotatable bonds is 6. The van der Waals surface area contributed by atoms with Crippen molar-refractivity contribution in [2.75, 3.05) is 16.9 Å². The number of thioether (sulfide) groups is 1. The second kappa shape index (κ2) is 7.35. The van der Waals surface area contributed by atoms with E-state index in [1.807, 2.05) is 12.3 Å². The summed E-state index contributed by atoms with van der Waals surface area (Å²) in [4.78, 5) is 30.3. The lowest BCUT2D eigenvalue weighted by Gasteiger charge is -2.14. The van der Waals surface area contributed by atoms with Crippen LogP contribution in [0, 0.1) is 5.92 Å². The molecule has 0 bridgehead atoms. The minimum atomic E-state index is -0.166. The lowest BCUT2D eigenvalue weighted by Crippen LogP contribution is -2.15. The van der Waals surface area contributed by atoms with Gasteiger partial charge in [-0.2, -0.15) is 0 Å². The van der Waals surface area contributed by atoms with Crippen molar-refractivity contribution in [1.29, 1.82) is 0 Å². The van der Waals surface area contributed by atoms with E-state index in [4.69, 9.17) is 0 Å². The number of carbonyl (C=O) groups is 1. The van der Waals surface area contributed by atoms with Crippen LogP contribution in [0.1, 0.15) is 25.3 Å². The van der Waals surface area contributed by atoms with Crippen LogP contribution in [0.15, 0.2) is 34.0 Å². The fraction of sp³-hybridized carbons (Fsp3) is 0.350. The number of pyridine rings is 1. The molecule has 0 unspecified atom stereocenters. The van der Waals surface area contributed by atoms with Gasteiger partial charge in [-0.25, -0.2) is 4.98 Å². The van der Waals surface area contributed by atoms with Crippen LogP contribution in [0.25, 0.3) is 11.0 Å². The first kappa shape index (κ1) is 18.6. The van der Waals surface area contributed by atoms with Crippen molar-refractivity contribution in [2.45, 2.75) is 31.1 Å². The van der Waals surface area contributed by atoms with Crippen molar-refractivity contribution < 1.29 is 4.79 Å². The minimum Gasteiger partial charge on any atom is -0.354 e. The average Bonchev–Trinajstić information content (AvgIpc) is 3.49. The molecule has 0 spiro atoms. The first-order valence-corrected chi connectivity index (χ1v) is 10.6. The summed E-state index contributed by atoms with van der Waals surface area (Å²) in [6, 6.07) is 7.98. The second-order valence-corrected chi connectivity index (χ2v) is 7.88. The first-order valence-electron chi connectivity index (χ1n) is 9.34. The Labute approximate surface area is 166 Å². The molecule has 3 N–H and O–H groups in total. The van der Waals surface area contributed by atoms with Gasteiger partial charge in [0.1, 0.15) is 11.2 Å². The number of H-pyrrole nitrogens is 1. The molecule has 1 aliphatic carbocycles. The Hall–Kier alpha value is -2.74. The molecule has 7 nitrogen and oxygen atoms in total. The van der Waals surface area contributed by atoms with Crippen molar-refractivity contribution in [1.82, 2.24) is 14.8 Å². The van der Waals surface area contributed by atoms with Crippen LogP contribution in [0.5, 0.6) is 0 Å². The van der Waals surface area contributed by atoms with Gasteiger partial charge in [-0.1, -0.05) is 13.0 Å². The van der Waals surface area contributed by atoms with Gasteiger partial charge in [-0.3, -0.25) is 19.4 Å². The van der Waals surface area contributed by atoms with E-state index >= 15 is 0 Å². The molecule has 28 heavy (non-hydrogen) atoms. The minimum absolute atomic E-state index is 0.0202.